The van der Waals surface area contributed by atoms with Crippen LogP contribution in [0, 0.1) is 18.2 Å². The second-order valence-corrected chi connectivity index (χ2v) is 7.66. The Morgan fingerprint density at radius 2 is 1.69 bits per heavy atom. The van der Waals surface area contributed by atoms with E-state index in [0.717, 1.165) is 22.0 Å². The van der Waals surface area contributed by atoms with Crippen molar-refractivity contribution in [2.45, 2.75) is 13.1 Å². The maximum atomic E-state index is 14.3. The quantitative estimate of drug-likeness (QED) is 0.290. The highest BCUT2D eigenvalue weighted by Crippen LogP contribution is 2.23. The lowest BCUT2D eigenvalue weighted by Gasteiger charge is -2.10. The molecule has 0 bridgehead atoms. The molecule has 0 aliphatic rings. The summed E-state index contributed by atoms with van der Waals surface area (Å²) < 4.78 is 32.4. The van der Waals surface area contributed by atoms with E-state index in [0.29, 0.717) is 64.3 Å². The van der Waals surface area contributed by atoms with Gasteiger partial charge in [-0.1, -0.05) is 29.7 Å². The maximum Gasteiger partial charge on any atom is 0.125 e. The minimum absolute atomic E-state index is 0.245. The molecular weight excluding hydrogens is 431 g/mol. The molecule has 7 heteroatoms. The predicted molar refractivity (Wildman–Crippen MR) is 125 cm³/mol. The number of nitrogens with zero attached hydrogens (tertiary/aromatic N) is 1. The molecule has 1 heterocycles. The Labute approximate surface area is 193 Å². The van der Waals surface area contributed by atoms with E-state index in [9.17, 15) is 4.39 Å². The van der Waals surface area contributed by atoms with Gasteiger partial charge in [0.15, 0.2) is 0 Å². The molecule has 3 aromatic rings. The third-order valence-corrected chi connectivity index (χ3v) is 5.13. The van der Waals surface area contributed by atoms with Gasteiger partial charge in [-0.2, -0.15) is 0 Å². The largest absolute Gasteiger partial charge is 0.378 e. The molecule has 170 valence electrons. The molecule has 0 atom stereocenters. The Kier molecular flexibility index (Phi) is 10.0. The van der Waals surface area contributed by atoms with Crippen molar-refractivity contribution in [3.8, 4) is 12.3 Å². The third kappa shape index (κ3) is 7.63. The Hall–Kier alpha value is -2.40. The fourth-order valence-corrected chi connectivity index (χ4v) is 3.47. The van der Waals surface area contributed by atoms with E-state index in [4.69, 9.17) is 32.2 Å². The van der Waals surface area contributed by atoms with Crippen LogP contribution in [0.2, 0.25) is 5.02 Å². The Morgan fingerprint density at radius 1 is 0.969 bits per heavy atom. The predicted octanol–water partition coefficient (Wildman–Crippen LogP) is 4.25. The second kappa shape index (κ2) is 13.2. The Bertz CT molecular complexity index is 1010. The van der Waals surface area contributed by atoms with E-state index in [1.165, 1.54) is 0 Å². The number of benzene rings is 2. The number of halogens is 2. The van der Waals surface area contributed by atoms with Gasteiger partial charge in [0.1, 0.15) is 12.4 Å². The molecule has 0 aliphatic carbocycles. The highest BCUT2D eigenvalue weighted by atomic mass is 35.5. The first-order valence-corrected chi connectivity index (χ1v) is 10.9. The van der Waals surface area contributed by atoms with E-state index >= 15 is 0 Å². The molecule has 32 heavy (non-hydrogen) atoms. The van der Waals surface area contributed by atoms with Gasteiger partial charge < -0.3 is 24.1 Å². The summed E-state index contributed by atoms with van der Waals surface area (Å²) in [5.41, 5.74) is 2.90. The van der Waals surface area contributed by atoms with E-state index in [1.54, 1.807) is 12.1 Å². The zero-order valence-corrected chi connectivity index (χ0v) is 18.7. The van der Waals surface area contributed by atoms with Crippen molar-refractivity contribution in [3.05, 3.63) is 70.6 Å². The zero-order valence-electron chi connectivity index (χ0n) is 18.0. The zero-order chi connectivity index (χ0) is 22.6. The van der Waals surface area contributed by atoms with Crippen molar-refractivity contribution in [1.29, 1.82) is 0 Å². The molecule has 0 fully saturated rings. The molecule has 5 nitrogen and oxygen atoms in total. The van der Waals surface area contributed by atoms with Crippen LogP contribution in [0.25, 0.3) is 10.9 Å². The van der Waals surface area contributed by atoms with E-state index in [2.05, 4.69) is 11.2 Å². The SMILES string of the molecule is C#CCOCCOCCOCCNCc1cc(F)cc2c1ccn2Cc1ccc(Cl)cc1. The molecule has 0 amide bonds. The van der Waals surface area contributed by atoms with Crippen molar-refractivity contribution < 1.29 is 18.6 Å². The van der Waals surface area contributed by atoms with Crippen LogP contribution in [0.15, 0.2) is 48.7 Å². The number of ether oxygens (including phenoxy) is 3. The van der Waals surface area contributed by atoms with Gasteiger partial charge in [-0.15, -0.1) is 6.42 Å². The summed E-state index contributed by atoms with van der Waals surface area (Å²) in [6, 6.07) is 12.9. The van der Waals surface area contributed by atoms with Crippen LogP contribution in [0.1, 0.15) is 11.1 Å². The normalized spacial score (nSPS) is 11.2. The summed E-state index contributed by atoms with van der Waals surface area (Å²) >= 11 is 5.97. The molecule has 3 rings (SSSR count). The average molecular weight is 459 g/mol. The van der Waals surface area contributed by atoms with Crippen molar-refractivity contribution in [3.63, 3.8) is 0 Å². The van der Waals surface area contributed by atoms with Gasteiger partial charge >= 0.3 is 0 Å². The fourth-order valence-electron chi connectivity index (χ4n) is 3.34. The van der Waals surface area contributed by atoms with Crippen molar-refractivity contribution in [2.75, 3.05) is 46.2 Å². The Morgan fingerprint density at radius 3 is 2.44 bits per heavy atom. The minimum atomic E-state index is -0.245. The van der Waals surface area contributed by atoms with Gasteiger partial charge in [0.25, 0.3) is 0 Å². The number of hydrogen-bond acceptors (Lipinski definition) is 4. The molecule has 0 radical (unpaired) electrons. The molecule has 0 saturated heterocycles. The third-order valence-electron chi connectivity index (χ3n) is 4.87. The van der Waals surface area contributed by atoms with Crippen LogP contribution in [-0.2, 0) is 27.3 Å². The van der Waals surface area contributed by atoms with E-state index < -0.39 is 0 Å². The number of hydrogen-bond donors (Lipinski definition) is 1. The summed E-state index contributed by atoms with van der Waals surface area (Å²) in [5.74, 6) is 2.15. The first-order chi connectivity index (χ1) is 15.7. The van der Waals surface area contributed by atoms with Crippen LogP contribution >= 0.6 is 11.6 Å². The summed E-state index contributed by atoms with van der Waals surface area (Å²) in [6.07, 6.45) is 7.08. The smallest absolute Gasteiger partial charge is 0.125 e. The summed E-state index contributed by atoms with van der Waals surface area (Å²) in [5, 5.41) is 5.05. The van der Waals surface area contributed by atoms with Crippen LogP contribution in [0.4, 0.5) is 4.39 Å². The minimum Gasteiger partial charge on any atom is -0.378 e. The fraction of sp³-hybridized carbons (Fsp3) is 0.360. The number of rotatable bonds is 14. The second-order valence-electron chi connectivity index (χ2n) is 7.23. The lowest BCUT2D eigenvalue weighted by molar-refractivity contribution is 0.0209. The van der Waals surface area contributed by atoms with Crippen LogP contribution < -0.4 is 5.32 Å². The highest BCUT2D eigenvalue weighted by Gasteiger charge is 2.09. The van der Waals surface area contributed by atoms with Gasteiger partial charge in [-0.3, -0.25) is 0 Å². The average Bonchev–Trinajstić information content (AvgIpc) is 3.18. The van der Waals surface area contributed by atoms with Crippen LogP contribution in [-0.4, -0.2) is 50.8 Å². The molecular formula is C25H28ClFN2O3. The highest BCUT2D eigenvalue weighted by molar-refractivity contribution is 6.30. The summed E-state index contributed by atoms with van der Waals surface area (Å²) in [7, 11) is 0. The van der Waals surface area contributed by atoms with E-state index in [1.807, 2.05) is 41.1 Å². The van der Waals surface area contributed by atoms with Gasteiger partial charge in [0, 0.05) is 36.2 Å². The molecule has 0 spiro atoms. The van der Waals surface area contributed by atoms with Gasteiger partial charge in [0.2, 0.25) is 0 Å². The topological polar surface area (TPSA) is 44.6 Å². The number of fused-ring (bicyclic) bond motifs is 1. The summed E-state index contributed by atoms with van der Waals surface area (Å²) in [6.45, 7) is 4.72. The molecule has 1 aromatic heterocycles. The molecule has 2 aromatic carbocycles. The number of terminal acetylenes is 1. The first-order valence-electron chi connectivity index (χ1n) is 10.6. The molecule has 0 unspecified atom stereocenters. The van der Waals surface area contributed by atoms with Gasteiger partial charge in [0.05, 0.1) is 38.6 Å². The van der Waals surface area contributed by atoms with Crippen molar-refractivity contribution in [2.24, 2.45) is 0 Å². The van der Waals surface area contributed by atoms with Crippen molar-refractivity contribution >= 4 is 22.5 Å². The monoisotopic (exact) mass is 458 g/mol. The molecule has 1 N–H and O–H groups in total. The van der Waals surface area contributed by atoms with Crippen LogP contribution in [0.3, 0.4) is 0 Å². The standard InChI is InChI=1S/C25H28ClFN2O3/c1-2-10-30-12-14-32-15-13-31-11-8-28-18-21-16-23(27)17-25-24(21)7-9-29(25)19-20-3-5-22(26)6-4-20/h1,3-7,9,16-17,28H,8,10-15,18-19H2. The Balaban J connectivity index is 1.42. The number of nitrogens with one attached hydrogen (secondary N) is 1. The van der Waals surface area contributed by atoms with E-state index in [-0.39, 0.29) is 5.82 Å². The maximum absolute atomic E-state index is 14.3. The van der Waals surface area contributed by atoms with Gasteiger partial charge in [-0.25, -0.2) is 4.39 Å². The van der Waals surface area contributed by atoms with Crippen molar-refractivity contribution in [1.82, 2.24) is 9.88 Å². The molecule has 0 saturated carbocycles. The van der Waals surface area contributed by atoms with Gasteiger partial charge in [-0.05, 0) is 41.5 Å². The summed E-state index contributed by atoms with van der Waals surface area (Å²) in [4.78, 5) is 0. The molecule has 0 aliphatic heterocycles. The first kappa shape index (κ1) is 24.2. The van der Waals surface area contributed by atoms with Crippen LogP contribution in [0.5, 0.6) is 0 Å². The number of aromatic nitrogens is 1. The lowest BCUT2D eigenvalue weighted by Crippen LogP contribution is -2.20. The lowest BCUT2D eigenvalue weighted by atomic mass is 10.1.